The number of hydrogen-bond donors (Lipinski definition) is 1. The molecule has 1 aliphatic heterocycles. The van der Waals surface area contributed by atoms with Crippen LogP contribution in [-0.2, 0) is 5.75 Å². The molecule has 0 fully saturated rings. The maximum absolute atomic E-state index is 12.3. The summed E-state index contributed by atoms with van der Waals surface area (Å²) in [5.41, 5.74) is 1.57. The van der Waals surface area contributed by atoms with E-state index < -0.39 is 5.97 Å². The Morgan fingerprint density at radius 3 is 2.83 bits per heavy atom. The zero-order chi connectivity index (χ0) is 12.7. The maximum atomic E-state index is 12.3. The summed E-state index contributed by atoms with van der Waals surface area (Å²) < 4.78 is 0. The van der Waals surface area contributed by atoms with E-state index in [0.29, 0.717) is 5.56 Å². The highest BCUT2D eigenvalue weighted by Crippen LogP contribution is 2.36. The van der Waals surface area contributed by atoms with E-state index in [1.54, 1.807) is 23.5 Å². The average molecular weight is 276 g/mol. The third-order valence-electron chi connectivity index (χ3n) is 2.82. The van der Waals surface area contributed by atoms with Crippen molar-refractivity contribution in [2.45, 2.75) is 10.6 Å². The molecule has 18 heavy (non-hydrogen) atoms. The number of thiophene rings is 1. The van der Waals surface area contributed by atoms with Crippen molar-refractivity contribution >= 4 is 34.9 Å². The molecule has 5 heteroatoms. The summed E-state index contributed by atoms with van der Waals surface area (Å²) >= 11 is 3.08. The van der Waals surface area contributed by atoms with Gasteiger partial charge in [-0.2, -0.15) is 0 Å². The Balaban J connectivity index is 2.14. The quantitative estimate of drug-likeness (QED) is 0.868. The SMILES string of the molecule is O=C(O)c1ccc2c(c1)SCc1sccc1C2=O. The fourth-order valence-electron chi connectivity index (χ4n) is 1.91. The van der Waals surface area contributed by atoms with E-state index in [9.17, 15) is 9.59 Å². The van der Waals surface area contributed by atoms with Crippen LogP contribution in [0.1, 0.15) is 31.2 Å². The number of carboxylic acids is 1. The summed E-state index contributed by atoms with van der Waals surface area (Å²) in [6.07, 6.45) is 0. The standard InChI is InChI=1S/C13H8O3S2/c14-12-8-2-1-7(13(15)16)5-10(8)18-6-11-9(12)3-4-17-11/h1-5H,6H2,(H,15,16). The predicted octanol–water partition coefficient (Wildman–Crippen LogP) is 3.28. The first kappa shape index (κ1) is 11.5. The molecule has 0 aliphatic carbocycles. The number of ketones is 1. The summed E-state index contributed by atoms with van der Waals surface area (Å²) in [5, 5.41) is 10.9. The van der Waals surface area contributed by atoms with Crippen LogP contribution in [0.3, 0.4) is 0 Å². The number of fused-ring (bicyclic) bond motifs is 2. The normalized spacial score (nSPS) is 13.7. The van der Waals surface area contributed by atoms with E-state index in [-0.39, 0.29) is 11.3 Å². The highest BCUT2D eigenvalue weighted by atomic mass is 32.2. The van der Waals surface area contributed by atoms with Crippen molar-refractivity contribution < 1.29 is 14.7 Å². The van der Waals surface area contributed by atoms with Gasteiger partial charge in [0, 0.05) is 26.7 Å². The summed E-state index contributed by atoms with van der Waals surface area (Å²) in [6, 6.07) is 6.51. The summed E-state index contributed by atoms with van der Waals surface area (Å²) in [4.78, 5) is 25.1. The Kier molecular flexibility index (Phi) is 2.72. The molecule has 0 saturated carbocycles. The molecule has 2 heterocycles. The van der Waals surface area contributed by atoms with Crippen molar-refractivity contribution in [1.82, 2.24) is 0 Å². The average Bonchev–Trinajstić information content (AvgIpc) is 2.78. The lowest BCUT2D eigenvalue weighted by Crippen LogP contribution is -2.03. The monoisotopic (exact) mass is 276 g/mol. The number of benzene rings is 1. The van der Waals surface area contributed by atoms with Crippen LogP contribution >= 0.6 is 23.1 Å². The number of carboxylic acid groups (broad SMARTS) is 1. The van der Waals surface area contributed by atoms with Crippen molar-refractivity contribution in [3.63, 3.8) is 0 Å². The van der Waals surface area contributed by atoms with Crippen LogP contribution in [0.4, 0.5) is 0 Å². The van der Waals surface area contributed by atoms with E-state index in [1.165, 1.54) is 17.8 Å². The molecule has 0 bridgehead atoms. The number of carbonyl (C=O) groups is 2. The van der Waals surface area contributed by atoms with Gasteiger partial charge in [-0.3, -0.25) is 4.79 Å². The first-order chi connectivity index (χ1) is 8.66. The molecule has 0 radical (unpaired) electrons. The van der Waals surface area contributed by atoms with Crippen molar-refractivity contribution in [3.8, 4) is 0 Å². The fraction of sp³-hybridized carbons (Fsp3) is 0.0769. The van der Waals surface area contributed by atoms with Gasteiger partial charge in [0.1, 0.15) is 0 Å². The lowest BCUT2D eigenvalue weighted by molar-refractivity contribution is 0.0696. The van der Waals surface area contributed by atoms with Crippen LogP contribution in [0.15, 0.2) is 34.5 Å². The summed E-state index contributed by atoms with van der Waals surface area (Å²) in [5.74, 6) is -0.262. The first-order valence-electron chi connectivity index (χ1n) is 5.28. The number of hydrogen-bond acceptors (Lipinski definition) is 4. The van der Waals surface area contributed by atoms with Crippen molar-refractivity contribution in [1.29, 1.82) is 0 Å². The lowest BCUT2D eigenvalue weighted by Gasteiger charge is -2.04. The van der Waals surface area contributed by atoms with Gasteiger partial charge in [0.05, 0.1) is 5.56 Å². The molecule has 0 spiro atoms. The van der Waals surface area contributed by atoms with Gasteiger partial charge in [0.25, 0.3) is 0 Å². The molecule has 0 atom stereocenters. The number of carbonyl (C=O) groups excluding carboxylic acids is 1. The largest absolute Gasteiger partial charge is 0.478 e. The smallest absolute Gasteiger partial charge is 0.335 e. The predicted molar refractivity (Wildman–Crippen MR) is 70.7 cm³/mol. The minimum absolute atomic E-state index is 0.0109. The third-order valence-corrected chi connectivity index (χ3v) is 5.01. The summed E-state index contributed by atoms with van der Waals surface area (Å²) in [7, 11) is 0. The molecule has 0 amide bonds. The molecule has 1 aromatic heterocycles. The van der Waals surface area contributed by atoms with Gasteiger partial charge in [0.2, 0.25) is 0 Å². The van der Waals surface area contributed by atoms with Crippen LogP contribution in [-0.4, -0.2) is 16.9 Å². The van der Waals surface area contributed by atoms with E-state index in [2.05, 4.69) is 0 Å². The van der Waals surface area contributed by atoms with E-state index in [0.717, 1.165) is 21.1 Å². The Hall–Kier alpha value is -1.59. The van der Waals surface area contributed by atoms with Crippen molar-refractivity contribution in [2.24, 2.45) is 0 Å². The van der Waals surface area contributed by atoms with Crippen LogP contribution < -0.4 is 0 Å². The van der Waals surface area contributed by atoms with Crippen LogP contribution in [0.25, 0.3) is 0 Å². The minimum atomic E-state index is -0.968. The number of rotatable bonds is 1. The molecule has 0 saturated heterocycles. The fourth-order valence-corrected chi connectivity index (χ4v) is 3.98. The second kappa shape index (κ2) is 4.26. The molecule has 2 aromatic rings. The van der Waals surface area contributed by atoms with Crippen LogP contribution in [0, 0.1) is 0 Å². The van der Waals surface area contributed by atoms with Gasteiger partial charge in [-0.15, -0.1) is 23.1 Å². The number of thioether (sulfide) groups is 1. The first-order valence-corrected chi connectivity index (χ1v) is 7.14. The van der Waals surface area contributed by atoms with Crippen molar-refractivity contribution in [2.75, 3.05) is 0 Å². The molecular weight excluding hydrogens is 268 g/mol. The molecular formula is C13H8O3S2. The zero-order valence-corrected chi connectivity index (χ0v) is 10.8. The molecule has 0 unspecified atom stereocenters. The number of aromatic carboxylic acids is 1. The Labute approximate surface area is 111 Å². The van der Waals surface area contributed by atoms with Gasteiger partial charge >= 0.3 is 5.97 Å². The topological polar surface area (TPSA) is 54.4 Å². The Morgan fingerprint density at radius 1 is 1.22 bits per heavy atom. The second-order valence-electron chi connectivity index (χ2n) is 3.89. The molecule has 1 aliphatic rings. The Morgan fingerprint density at radius 2 is 2.06 bits per heavy atom. The molecule has 90 valence electrons. The third kappa shape index (κ3) is 1.76. The molecule has 1 N–H and O–H groups in total. The van der Waals surface area contributed by atoms with Crippen molar-refractivity contribution in [3.05, 3.63) is 51.2 Å². The van der Waals surface area contributed by atoms with E-state index in [1.807, 2.05) is 11.4 Å². The minimum Gasteiger partial charge on any atom is -0.478 e. The zero-order valence-electron chi connectivity index (χ0n) is 9.17. The van der Waals surface area contributed by atoms with Gasteiger partial charge in [0.15, 0.2) is 5.78 Å². The highest BCUT2D eigenvalue weighted by Gasteiger charge is 2.23. The van der Waals surface area contributed by atoms with Crippen LogP contribution in [0.5, 0.6) is 0 Å². The molecule has 3 nitrogen and oxygen atoms in total. The highest BCUT2D eigenvalue weighted by molar-refractivity contribution is 7.98. The Bertz CT molecular complexity index is 658. The van der Waals surface area contributed by atoms with Crippen LogP contribution in [0.2, 0.25) is 0 Å². The van der Waals surface area contributed by atoms with Gasteiger partial charge < -0.3 is 5.11 Å². The maximum Gasteiger partial charge on any atom is 0.335 e. The second-order valence-corrected chi connectivity index (χ2v) is 5.91. The van der Waals surface area contributed by atoms with Gasteiger partial charge in [-0.05, 0) is 29.6 Å². The van der Waals surface area contributed by atoms with E-state index in [4.69, 9.17) is 5.11 Å². The van der Waals surface area contributed by atoms with Gasteiger partial charge in [-0.25, -0.2) is 4.79 Å². The van der Waals surface area contributed by atoms with E-state index >= 15 is 0 Å². The lowest BCUT2D eigenvalue weighted by atomic mass is 10.0. The van der Waals surface area contributed by atoms with Gasteiger partial charge in [-0.1, -0.05) is 0 Å². The molecule has 1 aromatic carbocycles. The summed E-state index contributed by atoms with van der Waals surface area (Å²) in [6.45, 7) is 0. The molecule has 3 rings (SSSR count).